The largest absolute Gasteiger partial charge is 0.356 e. The number of rotatable bonds is 8. The second-order valence-corrected chi connectivity index (χ2v) is 10.7. The lowest BCUT2D eigenvalue weighted by Gasteiger charge is -2.31. The molecule has 6 nitrogen and oxygen atoms in total. The lowest BCUT2D eigenvalue weighted by molar-refractivity contribution is -0.126. The zero-order valence-corrected chi connectivity index (χ0v) is 18.6. The molecule has 2 fully saturated rings. The minimum atomic E-state index is -3.35. The van der Waals surface area contributed by atoms with Gasteiger partial charge >= 0.3 is 0 Å². The van der Waals surface area contributed by atoms with Crippen molar-refractivity contribution in [2.45, 2.75) is 45.3 Å². The molecule has 0 radical (unpaired) electrons. The molecule has 0 bridgehead atoms. The molecule has 2 aliphatic heterocycles. The highest BCUT2D eigenvalue weighted by Gasteiger charge is 2.31. The molecular formula is C22H35N3O3S. The van der Waals surface area contributed by atoms with Crippen LogP contribution < -0.4 is 5.32 Å². The van der Waals surface area contributed by atoms with E-state index in [0.717, 1.165) is 17.7 Å². The van der Waals surface area contributed by atoms with Crippen LogP contribution in [-0.2, 0) is 20.6 Å². The predicted octanol–water partition coefficient (Wildman–Crippen LogP) is 2.38. The van der Waals surface area contributed by atoms with Gasteiger partial charge in [-0.25, -0.2) is 12.7 Å². The van der Waals surface area contributed by atoms with E-state index in [1.54, 1.807) is 4.31 Å². The molecule has 0 saturated carbocycles. The van der Waals surface area contributed by atoms with Gasteiger partial charge in [0.1, 0.15) is 0 Å². The van der Waals surface area contributed by atoms with Crippen LogP contribution in [0, 0.1) is 18.8 Å². The van der Waals surface area contributed by atoms with E-state index in [4.69, 9.17) is 0 Å². The molecule has 1 aromatic rings. The molecule has 0 spiro atoms. The van der Waals surface area contributed by atoms with E-state index < -0.39 is 10.0 Å². The Morgan fingerprint density at radius 2 is 1.86 bits per heavy atom. The molecule has 3 rings (SSSR count). The van der Waals surface area contributed by atoms with Crippen molar-refractivity contribution in [1.82, 2.24) is 14.5 Å². The second kappa shape index (κ2) is 10.0. The predicted molar refractivity (Wildman–Crippen MR) is 116 cm³/mol. The Morgan fingerprint density at radius 1 is 1.17 bits per heavy atom. The van der Waals surface area contributed by atoms with Crippen LogP contribution in [0.3, 0.4) is 0 Å². The van der Waals surface area contributed by atoms with E-state index in [1.165, 1.54) is 25.9 Å². The summed E-state index contributed by atoms with van der Waals surface area (Å²) in [5.41, 5.74) is 1.88. The number of hydrogen-bond acceptors (Lipinski definition) is 4. The summed E-state index contributed by atoms with van der Waals surface area (Å²) < 4.78 is 27.0. The van der Waals surface area contributed by atoms with Gasteiger partial charge in [0.05, 0.1) is 5.75 Å². The molecule has 1 amide bonds. The quantitative estimate of drug-likeness (QED) is 0.700. The standard InChI is InChI=1S/C22H35N3O3S/c1-18-6-5-7-20(14-18)17-29(27,28)25-12-8-21(9-13-25)22(26)23-15-19(2)16-24-10-3-4-11-24/h5-7,14,19,21H,3-4,8-13,15-17H2,1-2H3,(H,23,26)/t19-/m0/s1. The first-order valence-corrected chi connectivity index (χ1v) is 12.5. The number of nitrogens with zero attached hydrogens (tertiary/aromatic N) is 2. The summed E-state index contributed by atoms with van der Waals surface area (Å²) in [4.78, 5) is 15.0. The van der Waals surface area contributed by atoms with Crippen molar-refractivity contribution in [2.24, 2.45) is 11.8 Å². The van der Waals surface area contributed by atoms with Crippen LogP contribution in [0.1, 0.15) is 43.7 Å². The summed E-state index contributed by atoms with van der Waals surface area (Å²) in [7, 11) is -3.35. The van der Waals surface area contributed by atoms with Crippen molar-refractivity contribution < 1.29 is 13.2 Å². The fourth-order valence-corrected chi connectivity index (χ4v) is 5.94. The van der Waals surface area contributed by atoms with Crippen molar-refractivity contribution in [3.63, 3.8) is 0 Å². The lowest BCUT2D eigenvalue weighted by Crippen LogP contribution is -2.44. The van der Waals surface area contributed by atoms with Crippen molar-refractivity contribution in [3.05, 3.63) is 35.4 Å². The highest BCUT2D eigenvalue weighted by Crippen LogP contribution is 2.22. The number of carbonyl (C=O) groups is 1. The van der Waals surface area contributed by atoms with Gasteiger partial charge in [-0.15, -0.1) is 0 Å². The van der Waals surface area contributed by atoms with Crippen molar-refractivity contribution in [2.75, 3.05) is 39.3 Å². The number of aryl methyl sites for hydroxylation is 1. The Morgan fingerprint density at radius 3 is 2.52 bits per heavy atom. The first-order valence-electron chi connectivity index (χ1n) is 10.9. The van der Waals surface area contributed by atoms with Crippen molar-refractivity contribution >= 4 is 15.9 Å². The third kappa shape index (κ3) is 6.52. The SMILES string of the molecule is Cc1cccc(CS(=O)(=O)N2CCC(C(=O)NC[C@H](C)CN3CCCC3)CC2)c1. The number of benzene rings is 1. The van der Waals surface area contributed by atoms with Gasteiger partial charge in [-0.2, -0.15) is 0 Å². The molecular weight excluding hydrogens is 386 g/mol. The highest BCUT2D eigenvalue weighted by atomic mass is 32.2. The summed E-state index contributed by atoms with van der Waals surface area (Å²) in [6.45, 7) is 9.08. The van der Waals surface area contributed by atoms with Gasteiger partial charge in [0, 0.05) is 32.1 Å². The molecule has 0 unspecified atom stereocenters. The Kier molecular flexibility index (Phi) is 7.71. The number of likely N-dealkylation sites (tertiary alicyclic amines) is 1. The third-order valence-electron chi connectivity index (χ3n) is 6.04. The van der Waals surface area contributed by atoms with Crippen LogP contribution in [0.2, 0.25) is 0 Å². The molecule has 2 heterocycles. The van der Waals surface area contributed by atoms with Crippen LogP contribution in [0.15, 0.2) is 24.3 Å². The molecule has 7 heteroatoms. The number of amides is 1. The van der Waals surface area contributed by atoms with Crippen LogP contribution in [0.4, 0.5) is 0 Å². The molecule has 29 heavy (non-hydrogen) atoms. The van der Waals surface area contributed by atoms with Gasteiger partial charge in [0.25, 0.3) is 0 Å². The van der Waals surface area contributed by atoms with E-state index in [2.05, 4.69) is 17.1 Å². The van der Waals surface area contributed by atoms with Crippen molar-refractivity contribution in [3.8, 4) is 0 Å². The van der Waals surface area contributed by atoms with E-state index in [-0.39, 0.29) is 17.6 Å². The topological polar surface area (TPSA) is 69.7 Å². The maximum Gasteiger partial charge on any atom is 0.223 e. The van der Waals surface area contributed by atoms with Crippen LogP contribution in [0.25, 0.3) is 0 Å². The number of sulfonamides is 1. The minimum Gasteiger partial charge on any atom is -0.356 e. The normalized spacial score (nSPS) is 20.6. The first-order chi connectivity index (χ1) is 13.8. The van der Waals surface area contributed by atoms with Gasteiger partial charge in [0.2, 0.25) is 15.9 Å². The highest BCUT2D eigenvalue weighted by molar-refractivity contribution is 7.88. The molecule has 162 valence electrons. The third-order valence-corrected chi connectivity index (χ3v) is 7.89. The Hall–Kier alpha value is -1.44. The zero-order chi connectivity index (χ0) is 20.9. The summed E-state index contributed by atoms with van der Waals surface area (Å²) in [6, 6.07) is 7.63. The van der Waals surface area contributed by atoms with E-state index in [0.29, 0.717) is 38.4 Å². The van der Waals surface area contributed by atoms with Gasteiger partial charge in [-0.05, 0) is 57.2 Å². The fraction of sp³-hybridized carbons (Fsp3) is 0.682. The average molecular weight is 422 g/mol. The first kappa shape index (κ1) is 22.2. The maximum absolute atomic E-state index is 12.7. The van der Waals surface area contributed by atoms with Gasteiger partial charge in [0.15, 0.2) is 0 Å². The summed E-state index contributed by atoms with van der Waals surface area (Å²) in [5.74, 6) is 0.458. The van der Waals surface area contributed by atoms with Crippen molar-refractivity contribution in [1.29, 1.82) is 0 Å². The van der Waals surface area contributed by atoms with E-state index >= 15 is 0 Å². The van der Waals surface area contributed by atoms with Gasteiger partial charge in [-0.3, -0.25) is 4.79 Å². The molecule has 0 aliphatic carbocycles. The summed E-state index contributed by atoms with van der Waals surface area (Å²) in [6.07, 6.45) is 3.76. The number of hydrogen-bond donors (Lipinski definition) is 1. The molecule has 1 atom stereocenters. The number of carbonyl (C=O) groups excluding carboxylic acids is 1. The van der Waals surface area contributed by atoms with Gasteiger partial charge in [-0.1, -0.05) is 36.8 Å². The van der Waals surface area contributed by atoms with Crippen LogP contribution in [0.5, 0.6) is 0 Å². The molecule has 2 aliphatic rings. The smallest absolute Gasteiger partial charge is 0.223 e. The summed E-state index contributed by atoms with van der Waals surface area (Å²) >= 11 is 0. The molecule has 0 aromatic heterocycles. The molecule has 1 N–H and O–H groups in total. The Labute approximate surface area is 175 Å². The van der Waals surface area contributed by atoms with Crippen LogP contribution in [-0.4, -0.2) is 62.8 Å². The fourth-order valence-electron chi connectivity index (χ4n) is 4.39. The Bertz CT molecular complexity index is 782. The monoisotopic (exact) mass is 421 g/mol. The lowest BCUT2D eigenvalue weighted by atomic mass is 9.97. The molecule has 2 saturated heterocycles. The summed E-state index contributed by atoms with van der Waals surface area (Å²) in [5, 5.41) is 3.09. The van der Waals surface area contributed by atoms with Gasteiger partial charge < -0.3 is 10.2 Å². The molecule has 1 aromatic carbocycles. The Balaban J connectivity index is 1.42. The number of nitrogens with one attached hydrogen (secondary N) is 1. The van der Waals surface area contributed by atoms with E-state index in [1.807, 2.05) is 31.2 Å². The van der Waals surface area contributed by atoms with E-state index in [9.17, 15) is 13.2 Å². The van der Waals surface area contributed by atoms with Crippen LogP contribution >= 0.6 is 0 Å². The average Bonchev–Trinajstić information content (AvgIpc) is 3.19. The minimum absolute atomic E-state index is 0.0273. The number of piperidine rings is 1. The zero-order valence-electron chi connectivity index (χ0n) is 17.8. The second-order valence-electron chi connectivity index (χ2n) is 8.78. The maximum atomic E-state index is 12.7.